The van der Waals surface area contributed by atoms with Crippen LogP contribution < -0.4 is 5.43 Å². The van der Waals surface area contributed by atoms with Crippen molar-refractivity contribution in [3.63, 3.8) is 0 Å². The zero-order valence-electron chi connectivity index (χ0n) is 18.3. The van der Waals surface area contributed by atoms with Crippen molar-refractivity contribution in [2.75, 3.05) is 5.43 Å². The van der Waals surface area contributed by atoms with E-state index in [4.69, 9.17) is 0 Å². The molecule has 2 N–H and O–H groups in total. The molecule has 0 aliphatic carbocycles. The van der Waals surface area contributed by atoms with E-state index < -0.39 is 0 Å². The molecule has 0 unspecified atom stereocenters. The second-order valence-corrected chi connectivity index (χ2v) is 9.31. The number of benzene rings is 1. The molecule has 0 spiro atoms. The minimum Gasteiger partial charge on any atom is -0.507 e. The first-order valence-electron chi connectivity index (χ1n) is 10.0. The third-order valence-corrected chi connectivity index (χ3v) is 4.63. The first-order chi connectivity index (χ1) is 13.0. The Kier molecular flexibility index (Phi) is 6.81. The molecule has 0 saturated carbocycles. The van der Waals surface area contributed by atoms with E-state index >= 15 is 0 Å². The van der Waals surface area contributed by atoms with E-state index in [9.17, 15) is 5.11 Å². The van der Waals surface area contributed by atoms with Gasteiger partial charge in [0.25, 0.3) is 0 Å². The van der Waals surface area contributed by atoms with Crippen LogP contribution in [0.25, 0.3) is 0 Å². The predicted octanol–water partition coefficient (Wildman–Crippen LogP) is 5.57. The molecule has 0 fully saturated rings. The van der Waals surface area contributed by atoms with Crippen LogP contribution in [0.15, 0.2) is 29.5 Å². The summed E-state index contributed by atoms with van der Waals surface area (Å²) in [5, 5.41) is 15.1. The van der Waals surface area contributed by atoms with E-state index in [2.05, 4.69) is 69.0 Å². The highest BCUT2D eigenvalue weighted by atomic mass is 16.3. The number of anilines is 1. The van der Waals surface area contributed by atoms with Crippen molar-refractivity contribution >= 4 is 12.2 Å². The van der Waals surface area contributed by atoms with Gasteiger partial charge in [0.15, 0.2) is 0 Å². The van der Waals surface area contributed by atoms with Gasteiger partial charge in [0.05, 0.1) is 6.21 Å². The van der Waals surface area contributed by atoms with Crippen LogP contribution in [0.3, 0.4) is 0 Å². The molecule has 0 aliphatic heterocycles. The van der Waals surface area contributed by atoms with Gasteiger partial charge in [-0.2, -0.15) is 5.10 Å². The number of phenols is 1. The second-order valence-electron chi connectivity index (χ2n) is 9.31. The van der Waals surface area contributed by atoms with Crippen molar-refractivity contribution in [3.8, 4) is 5.75 Å². The molecule has 2 rings (SSSR count). The van der Waals surface area contributed by atoms with Gasteiger partial charge in [-0.05, 0) is 47.4 Å². The predicted molar refractivity (Wildman–Crippen MR) is 117 cm³/mol. The van der Waals surface area contributed by atoms with Crippen molar-refractivity contribution in [2.24, 2.45) is 5.10 Å². The summed E-state index contributed by atoms with van der Waals surface area (Å²) in [5.74, 6) is 0.868. The lowest BCUT2D eigenvalue weighted by Gasteiger charge is -2.27. The van der Waals surface area contributed by atoms with Gasteiger partial charge in [0.1, 0.15) is 5.75 Å². The fourth-order valence-electron chi connectivity index (χ4n) is 2.99. The number of nitrogens with zero attached hydrogens (tertiary/aromatic N) is 3. The molecule has 0 amide bonds. The number of nitrogens with one attached hydrogen (secondary N) is 1. The van der Waals surface area contributed by atoms with Gasteiger partial charge in [-0.3, -0.25) is 0 Å². The fourth-order valence-corrected chi connectivity index (χ4v) is 2.99. The summed E-state index contributed by atoms with van der Waals surface area (Å²) in [7, 11) is 0. The first kappa shape index (κ1) is 21.9. The third-order valence-electron chi connectivity index (χ3n) is 4.63. The van der Waals surface area contributed by atoms with Crippen LogP contribution in [-0.2, 0) is 17.3 Å². The average Bonchev–Trinajstić information content (AvgIpc) is 2.59. The van der Waals surface area contributed by atoms with Crippen LogP contribution in [0.2, 0.25) is 0 Å². The molecule has 0 saturated heterocycles. The number of unbranched alkanes of at least 4 members (excludes halogenated alkanes) is 1. The highest BCUT2D eigenvalue weighted by Gasteiger charge is 2.26. The highest BCUT2D eigenvalue weighted by molar-refractivity contribution is 5.82. The quantitative estimate of drug-likeness (QED) is 0.506. The molecule has 28 heavy (non-hydrogen) atoms. The Morgan fingerprint density at radius 2 is 1.68 bits per heavy atom. The lowest BCUT2D eigenvalue weighted by Crippen LogP contribution is -2.18. The van der Waals surface area contributed by atoms with E-state index in [0.29, 0.717) is 11.7 Å². The summed E-state index contributed by atoms with van der Waals surface area (Å²) < 4.78 is 0. The standard InChI is InChI=1S/C23H34N4O/c1-8-9-10-17-11-12-24-21(26-17)27-25-15-16-13-18(22(2,3)4)20(28)19(14-16)23(5,6)7/h11-15,28H,8-10H2,1-7H3,(H,24,26,27)/b25-15-. The highest BCUT2D eigenvalue weighted by Crippen LogP contribution is 2.39. The molecule has 0 radical (unpaired) electrons. The van der Waals surface area contributed by atoms with Gasteiger partial charge >= 0.3 is 0 Å². The molecule has 5 heteroatoms. The maximum atomic E-state index is 10.8. The van der Waals surface area contributed by atoms with Crippen molar-refractivity contribution in [2.45, 2.75) is 78.6 Å². The minimum absolute atomic E-state index is 0.169. The zero-order valence-corrected chi connectivity index (χ0v) is 18.3. The topological polar surface area (TPSA) is 70.4 Å². The second kappa shape index (κ2) is 8.72. The Morgan fingerprint density at radius 1 is 1.07 bits per heavy atom. The Hall–Kier alpha value is -2.43. The van der Waals surface area contributed by atoms with Crippen LogP contribution in [0.4, 0.5) is 5.95 Å². The summed E-state index contributed by atoms with van der Waals surface area (Å²) >= 11 is 0. The largest absolute Gasteiger partial charge is 0.507 e. The van der Waals surface area contributed by atoms with E-state index in [1.165, 1.54) is 0 Å². The molecule has 1 heterocycles. The Labute approximate surface area is 169 Å². The minimum atomic E-state index is -0.169. The van der Waals surface area contributed by atoms with Gasteiger partial charge in [0, 0.05) is 23.0 Å². The molecular formula is C23H34N4O. The molecular weight excluding hydrogens is 348 g/mol. The van der Waals surface area contributed by atoms with Gasteiger partial charge in [-0.15, -0.1) is 0 Å². The van der Waals surface area contributed by atoms with Gasteiger partial charge in [-0.1, -0.05) is 54.9 Å². The first-order valence-corrected chi connectivity index (χ1v) is 10.0. The molecule has 0 bridgehead atoms. The summed E-state index contributed by atoms with van der Waals surface area (Å²) in [4.78, 5) is 8.72. The number of hydrogen-bond donors (Lipinski definition) is 2. The lowest BCUT2D eigenvalue weighted by molar-refractivity contribution is 0.423. The smallest absolute Gasteiger partial charge is 0.243 e. The number of aryl methyl sites for hydroxylation is 1. The van der Waals surface area contributed by atoms with Gasteiger partial charge in [0.2, 0.25) is 5.95 Å². The molecule has 1 aromatic carbocycles. The molecule has 0 atom stereocenters. The monoisotopic (exact) mass is 382 g/mol. The lowest BCUT2D eigenvalue weighted by atomic mass is 9.78. The maximum Gasteiger partial charge on any atom is 0.243 e. The number of hydrazone groups is 1. The van der Waals surface area contributed by atoms with Crippen LogP contribution >= 0.6 is 0 Å². The molecule has 1 aromatic heterocycles. The maximum absolute atomic E-state index is 10.8. The van der Waals surface area contributed by atoms with Crippen LogP contribution in [0.5, 0.6) is 5.75 Å². The summed E-state index contributed by atoms with van der Waals surface area (Å²) in [5.41, 5.74) is 6.37. The van der Waals surface area contributed by atoms with Crippen molar-refractivity contribution in [1.29, 1.82) is 0 Å². The zero-order chi connectivity index (χ0) is 20.9. The molecule has 2 aromatic rings. The average molecular weight is 383 g/mol. The summed E-state index contributed by atoms with van der Waals surface area (Å²) in [6.07, 6.45) is 6.70. The number of phenolic OH excluding ortho intramolecular Hbond substituents is 1. The number of rotatable bonds is 6. The van der Waals surface area contributed by atoms with E-state index in [0.717, 1.165) is 41.6 Å². The SMILES string of the molecule is CCCCc1ccnc(N/N=C\c2cc(C(C)(C)C)c(O)c(C(C)(C)C)c2)n1. The van der Waals surface area contributed by atoms with Crippen LogP contribution in [-0.4, -0.2) is 21.3 Å². The van der Waals surface area contributed by atoms with E-state index in [1.54, 1.807) is 12.4 Å². The Bertz CT molecular complexity index is 794. The number of aromatic hydroxyl groups is 1. The summed E-state index contributed by atoms with van der Waals surface area (Å²) in [6.45, 7) is 14.8. The van der Waals surface area contributed by atoms with Gasteiger partial charge < -0.3 is 5.11 Å². The normalized spacial score (nSPS) is 12.5. The van der Waals surface area contributed by atoms with Crippen LogP contribution in [0.1, 0.15) is 83.7 Å². The van der Waals surface area contributed by atoms with Crippen molar-refractivity contribution < 1.29 is 5.11 Å². The van der Waals surface area contributed by atoms with Crippen molar-refractivity contribution in [3.05, 3.63) is 46.8 Å². The Morgan fingerprint density at radius 3 is 2.21 bits per heavy atom. The van der Waals surface area contributed by atoms with Gasteiger partial charge in [-0.25, -0.2) is 15.4 Å². The van der Waals surface area contributed by atoms with Crippen molar-refractivity contribution in [1.82, 2.24) is 9.97 Å². The van der Waals surface area contributed by atoms with E-state index in [-0.39, 0.29) is 10.8 Å². The number of hydrogen-bond acceptors (Lipinski definition) is 5. The molecule has 0 aliphatic rings. The van der Waals surface area contributed by atoms with Crippen LogP contribution in [0, 0.1) is 0 Å². The number of aromatic nitrogens is 2. The Balaban J connectivity index is 2.28. The van der Waals surface area contributed by atoms with E-state index in [1.807, 2.05) is 18.2 Å². The third kappa shape index (κ3) is 5.78. The summed E-state index contributed by atoms with van der Waals surface area (Å²) in [6, 6.07) is 5.93. The fraction of sp³-hybridized carbons (Fsp3) is 0.522. The molecule has 5 nitrogen and oxygen atoms in total. The molecule has 152 valence electrons.